The summed E-state index contributed by atoms with van der Waals surface area (Å²) in [6.07, 6.45) is -0.857. The molecule has 2 unspecified atom stereocenters. The molecule has 1 saturated heterocycles. The topological polar surface area (TPSA) is 99.1 Å². The standard InChI is InChI=1S/C16H16O7/c1-8-5-9(17)14-10(18)7-16(15(20)21-2,23-11(14)6-8)12-3-4-13(19)22-12/h5-6,12,17H,3-4,7H2,1-2H3. The summed E-state index contributed by atoms with van der Waals surface area (Å²) in [7, 11) is 1.18. The van der Waals surface area contributed by atoms with E-state index in [-0.39, 0.29) is 36.3 Å². The van der Waals surface area contributed by atoms with Crippen LogP contribution < -0.4 is 4.74 Å². The molecular formula is C16H16O7. The maximum Gasteiger partial charge on any atom is 0.354 e. The van der Waals surface area contributed by atoms with E-state index in [0.717, 1.165) is 0 Å². The van der Waals surface area contributed by atoms with Crippen LogP contribution in [0, 0.1) is 6.92 Å². The maximum atomic E-state index is 12.5. The van der Waals surface area contributed by atoms with E-state index < -0.39 is 29.4 Å². The van der Waals surface area contributed by atoms with E-state index in [2.05, 4.69) is 0 Å². The molecule has 23 heavy (non-hydrogen) atoms. The van der Waals surface area contributed by atoms with Gasteiger partial charge in [0.05, 0.1) is 13.5 Å². The lowest BCUT2D eigenvalue weighted by Crippen LogP contribution is -2.58. The number of Topliss-reactive ketones (excluding diaryl/α,β-unsaturated/α-hetero) is 1. The van der Waals surface area contributed by atoms with Crippen LogP contribution in [-0.2, 0) is 19.1 Å². The van der Waals surface area contributed by atoms with Crippen LogP contribution in [-0.4, -0.2) is 41.6 Å². The van der Waals surface area contributed by atoms with Crippen molar-refractivity contribution in [2.24, 2.45) is 0 Å². The number of aryl methyl sites for hydroxylation is 1. The number of ketones is 1. The lowest BCUT2D eigenvalue weighted by Gasteiger charge is -2.38. The number of aromatic hydroxyl groups is 1. The molecular weight excluding hydrogens is 304 g/mol. The highest BCUT2D eigenvalue weighted by molar-refractivity contribution is 6.06. The van der Waals surface area contributed by atoms with Gasteiger partial charge >= 0.3 is 11.9 Å². The van der Waals surface area contributed by atoms with Crippen LogP contribution in [0.1, 0.15) is 35.2 Å². The molecule has 7 nitrogen and oxygen atoms in total. The largest absolute Gasteiger partial charge is 0.507 e. The van der Waals surface area contributed by atoms with Crippen molar-refractivity contribution in [3.63, 3.8) is 0 Å². The lowest BCUT2D eigenvalue weighted by molar-refractivity contribution is -0.175. The molecule has 0 bridgehead atoms. The molecule has 0 spiro atoms. The van der Waals surface area contributed by atoms with Crippen LogP contribution in [0.25, 0.3) is 0 Å². The Morgan fingerprint density at radius 1 is 1.39 bits per heavy atom. The number of phenols is 1. The molecule has 2 atom stereocenters. The highest BCUT2D eigenvalue weighted by Crippen LogP contribution is 2.43. The zero-order chi connectivity index (χ0) is 16.8. The van der Waals surface area contributed by atoms with E-state index in [1.165, 1.54) is 13.2 Å². The normalized spacial score (nSPS) is 26.3. The Balaban J connectivity index is 2.10. The van der Waals surface area contributed by atoms with Gasteiger partial charge in [0.15, 0.2) is 11.9 Å². The predicted molar refractivity (Wildman–Crippen MR) is 76.3 cm³/mol. The van der Waals surface area contributed by atoms with Gasteiger partial charge in [0.2, 0.25) is 5.60 Å². The zero-order valence-electron chi connectivity index (χ0n) is 12.8. The summed E-state index contributed by atoms with van der Waals surface area (Å²) in [6, 6.07) is 3.00. The minimum Gasteiger partial charge on any atom is -0.507 e. The fourth-order valence-electron chi connectivity index (χ4n) is 3.11. The summed E-state index contributed by atoms with van der Waals surface area (Å²) < 4.78 is 15.8. The molecule has 0 aromatic heterocycles. The maximum absolute atomic E-state index is 12.5. The quantitative estimate of drug-likeness (QED) is 0.819. The van der Waals surface area contributed by atoms with E-state index >= 15 is 0 Å². The number of ether oxygens (including phenoxy) is 3. The first-order valence-electron chi connectivity index (χ1n) is 7.21. The number of cyclic esters (lactones) is 1. The Morgan fingerprint density at radius 3 is 2.74 bits per heavy atom. The number of phenolic OH excluding ortho intramolecular Hbond substituents is 1. The number of hydrogen-bond donors (Lipinski definition) is 1. The Labute approximate surface area is 132 Å². The van der Waals surface area contributed by atoms with Crippen molar-refractivity contribution >= 4 is 17.7 Å². The molecule has 0 saturated carbocycles. The summed E-state index contributed by atoms with van der Waals surface area (Å²) >= 11 is 0. The average Bonchev–Trinajstić information content (AvgIpc) is 2.92. The van der Waals surface area contributed by atoms with Gasteiger partial charge in [0, 0.05) is 6.42 Å². The van der Waals surface area contributed by atoms with Crippen LogP contribution in [0.2, 0.25) is 0 Å². The molecule has 0 amide bonds. The van der Waals surface area contributed by atoms with E-state index in [0.29, 0.717) is 5.56 Å². The fraction of sp³-hybridized carbons (Fsp3) is 0.438. The molecule has 1 N–H and O–H groups in total. The van der Waals surface area contributed by atoms with E-state index in [4.69, 9.17) is 14.2 Å². The second kappa shape index (κ2) is 5.26. The van der Waals surface area contributed by atoms with Crippen molar-refractivity contribution in [2.45, 2.75) is 37.9 Å². The van der Waals surface area contributed by atoms with Gasteiger partial charge in [-0.2, -0.15) is 0 Å². The third kappa shape index (κ3) is 2.32. The first-order valence-corrected chi connectivity index (χ1v) is 7.21. The summed E-state index contributed by atoms with van der Waals surface area (Å²) in [6.45, 7) is 1.72. The van der Waals surface area contributed by atoms with Gasteiger partial charge in [-0.3, -0.25) is 9.59 Å². The van der Waals surface area contributed by atoms with Gasteiger partial charge in [0.25, 0.3) is 0 Å². The molecule has 122 valence electrons. The third-order valence-corrected chi connectivity index (χ3v) is 4.16. The molecule has 2 heterocycles. The number of carbonyl (C=O) groups is 3. The SMILES string of the molecule is COC(=O)C1(C2CCC(=O)O2)CC(=O)c2c(O)cc(C)cc2O1. The van der Waals surface area contributed by atoms with Crippen molar-refractivity contribution in [3.05, 3.63) is 23.3 Å². The Hall–Kier alpha value is -2.57. The lowest BCUT2D eigenvalue weighted by atomic mass is 9.83. The predicted octanol–water partition coefficient (Wildman–Crippen LogP) is 1.28. The molecule has 2 aliphatic heterocycles. The number of fused-ring (bicyclic) bond motifs is 1. The highest BCUT2D eigenvalue weighted by atomic mass is 16.6. The molecule has 0 radical (unpaired) electrons. The van der Waals surface area contributed by atoms with Gasteiger partial charge in [0.1, 0.15) is 17.1 Å². The summed E-state index contributed by atoms with van der Waals surface area (Å²) in [5.74, 6) is -1.81. The summed E-state index contributed by atoms with van der Waals surface area (Å²) in [5, 5.41) is 9.98. The van der Waals surface area contributed by atoms with Crippen LogP contribution >= 0.6 is 0 Å². The van der Waals surface area contributed by atoms with E-state index in [1.54, 1.807) is 13.0 Å². The van der Waals surface area contributed by atoms with Crippen molar-refractivity contribution in [1.82, 2.24) is 0 Å². The molecule has 1 fully saturated rings. The number of carbonyl (C=O) groups excluding carboxylic acids is 3. The molecule has 1 aromatic carbocycles. The van der Waals surface area contributed by atoms with Gasteiger partial charge in [-0.05, 0) is 31.0 Å². The Kier molecular flexibility index (Phi) is 3.50. The minimum absolute atomic E-state index is 0.0273. The molecule has 2 aliphatic rings. The smallest absolute Gasteiger partial charge is 0.354 e. The van der Waals surface area contributed by atoms with Gasteiger partial charge < -0.3 is 19.3 Å². The third-order valence-electron chi connectivity index (χ3n) is 4.16. The molecule has 3 rings (SSSR count). The monoisotopic (exact) mass is 320 g/mol. The average molecular weight is 320 g/mol. The Bertz CT molecular complexity index is 709. The molecule has 1 aromatic rings. The minimum atomic E-state index is -1.72. The molecule has 7 heteroatoms. The van der Waals surface area contributed by atoms with Crippen molar-refractivity contribution < 1.29 is 33.7 Å². The van der Waals surface area contributed by atoms with Gasteiger partial charge in [-0.15, -0.1) is 0 Å². The number of esters is 2. The first kappa shape index (κ1) is 15.3. The number of rotatable bonds is 2. The fourth-order valence-corrected chi connectivity index (χ4v) is 3.11. The first-order chi connectivity index (χ1) is 10.9. The second-order valence-electron chi connectivity index (χ2n) is 5.76. The number of hydrogen-bond acceptors (Lipinski definition) is 7. The van der Waals surface area contributed by atoms with Gasteiger partial charge in [-0.1, -0.05) is 0 Å². The van der Waals surface area contributed by atoms with Crippen LogP contribution in [0.15, 0.2) is 12.1 Å². The second-order valence-corrected chi connectivity index (χ2v) is 5.76. The number of methoxy groups -OCH3 is 1. The molecule has 0 aliphatic carbocycles. The Morgan fingerprint density at radius 2 is 2.13 bits per heavy atom. The van der Waals surface area contributed by atoms with Crippen molar-refractivity contribution in [3.8, 4) is 11.5 Å². The van der Waals surface area contributed by atoms with Crippen molar-refractivity contribution in [1.29, 1.82) is 0 Å². The van der Waals surface area contributed by atoms with E-state index in [1.807, 2.05) is 0 Å². The summed E-state index contributed by atoms with van der Waals surface area (Å²) in [4.78, 5) is 36.3. The van der Waals surface area contributed by atoms with Crippen LogP contribution in [0.5, 0.6) is 11.5 Å². The summed E-state index contributed by atoms with van der Waals surface area (Å²) in [5.41, 5.74) is -1.02. The van der Waals surface area contributed by atoms with Crippen LogP contribution in [0.4, 0.5) is 0 Å². The van der Waals surface area contributed by atoms with Crippen LogP contribution in [0.3, 0.4) is 0 Å². The number of benzene rings is 1. The van der Waals surface area contributed by atoms with E-state index in [9.17, 15) is 19.5 Å². The van der Waals surface area contributed by atoms with Crippen molar-refractivity contribution in [2.75, 3.05) is 7.11 Å². The van der Waals surface area contributed by atoms with Gasteiger partial charge in [-0.25, -0.2) is 4.79 Å². The highest BCUT2D eigenvalue weighted by Gasteiger charge is 2.57. The zero-order valence-corrected chi connectivity index (χ0v) is 12.8.